The minimum atomic E-state index is -0.443. The second-order valence-corrected chi connectivity index (χ2v) is 8.90. The first kappa shape index (κ1) is 19.6. The number of rotatable bonds is 2. The lowest BCUT2D eigenvalue weighted by Crippen LogP contribution is -2.33. The number of fused-ring (bicyclic) bond motifs is 3. The largest absolute Gasteiger partial charge is 0.504 e. The molecule has 0 radical (unpaired) electrons. The third-order valence-corrected chi connectivity index (χ3v) is 6.76. The Morgan fingerprint density at radius 3 is 2.48 bits per heavy atom. The number of para-hydroxylation sites is 2. The van der Waals surface area contributed by atoms with Crippen LogP contribution < -0.4 is 5.32 Å². The smallest absolute Gasteiger partial charge is 0.209 e. The minimum absolute atomic E-state index is 0.0790. The molecular weight excluding hydrogens is 414 g/mol. The Hall–Kier alpha value is -4.06. The number of nitrogens with one attached hydrogen (secondary N) is 1. The van der Waals surface area contributed by atoms with Gasteiger partial charge in [0, 0.05) is 17.7 Å². The van der Waals surface area contributed by atoms with Gasteiger partial charge in [0.1, 0.15) is 0 Å². The quantitative estimate of drug-likeness (QED) is 0.377. The van der Waals surface area contributed by atoms with Crippen molar-refractivity contribution >= 4 is 22.8 Å². The number of hydrogen-bond donors (Lipinski definition) is 3. The molecule has 0 bridgehead atoms. The predicted molar refractivity (Wildman–Crippen MR) is 126 cm³/mol. The molecule has 33 heavy (non-hydrogen) atoms. The van der Waals surface area contributed by atoms with Crippen LogP contribution >= 0.6 is 0 Å². The number of aromatic hydroxyl groups is 2. The molecule has 0 saturated carbocycles. The molecule has 2 unspecified atom stereocenters. The van der Waals surface area contributed by atoms with Crippen LogP contribution in [-0.2, 0) is 4.79 Å². The van der Waals surface area contributed by atoms with Gasteiger partial charge in [-0.25, -0.2) is 4.98 Å². The van der Waals surface area contributed by atoms with Crippen molar-refractivity contribution in [3.05, 3.63) is 94.7 Å². The molecule has 1 aromatic heterocycles. The molecule has 3 aromatic carbocycles. The van der Waals surface area contributed by atoms with E-state index in [0.717, 1.165) is 27.9 Å². The third-order valence-electron chi connectivity index (χ3n) is 6.76. The van der Waals surface area contributed by atoms with Crippen molar-refractivity contribution in [3.63, 3.8) is 0 Å². The molecule has 2 aliphatic rings. The summed E-state index contributed by atoms with van der Waals surface area (Å²) in [5.41, 5.74) is 6.37. The van der Waals surface area contributed by atoms with Crippen molar-refractivity contribution in [1.82, 2.24) is 9.55 Å². The first-order chi connectivity index (χ1) is 16.0. The fourth-order valence-electron chi connectivity index (χ4n) is 5.13. The summed E-state index contributed by atoms with van der Waals surface area (Å²) in [6.45, 7) is 2.06. The Morgan fingerprint density at radius 2 is 1.70 bits per heavy atom. The normalized spacial score (nSPS) is 19.8. The zero-order valence-electron chi connectivity index (χ0n) is 18.1. The summed E-state index contributed by atoms with van der Waals surface area (Å²) < 4.78 is 2.02. The molecule has 3 N–H and O–H groups in total. The van der Waals surface area contributed by atoms with Gasteiger partial charge in [-0.2, -0.15) is 0 Å². The highest BCUT2D eigenvalue weighted by Gasteiger charge is 2.39. The molecule has 0 spiro atoms. The maximum absolute atomic E-state index is 13.6. The summed E-state index contributed by atoms with van der Waals surface area (Å²) in [5, 5.41) is 23.6. The Morgan fingerprint density at radius 1 is 0.939 bits per heavy atom. The lowest BCUT2D eigenvalue weighted by atomic mass is 9.77. The highest BCUT2D eigenvalue weighted by Crippen LogP contribution is 2.46. The van der Waals surface area contributed by atoms with Gasteiger partial charge in [0.15, 0.2) is 17.3 Å². The number of aryl methyl sites for hydroxylation is 1. The molecule has 6 nitrogen and oxygen atoms in total. The van der Waals surface area contributed by atoms with Crippen molar-refractivity contribution in [2.45, 2.75) is 31.7 Å². The van der Waals surface area contributed by atoms with Crippen molar-refractivity contribution < 1.29 is 15.0 Å². The van der Waals surface area contributed by atoms with Crippen LogP contribution in [0.15, 0.2) is 78.0 Å². The zero-order chi connectivity index (χ0) is 22.7. The van der Waals surface area contributed by atoms with Crippen LogP contribution in [0.3, 0.4) is 0 Å². The van der Waals surface area contributed by atoms with Crippen LogP contribution in [-0.4, -0.2) is 25.5 Å². The monoisotopic (exact) mass is 437 g/mol. The lowest BCUT2D eigenvalue weighted by Gasteiger charge is -2.36. The molecule has 6 heteroatoms. The second kappa shape index (κ2) is 7.24. The van der Waals surface area contributed by atoms with Crippen LogP contribution in [0.2, 0.25) is 0 Å². The number of anilines is 1. The highest BCUT2D eigenvalue weighted by atomic mass is 16.3. The maximum Gasteiger partial charge on any atom is 0.209 e. The van der Waals surface area contributed by atoms with E-state index in [9.17, 15) is 15.0 Å². The molecule has 2 heterocycles. The van der Waals surface area contributed by atoms with E-state index in [4.69, 9.17) is 4.98 Å². The fraction of sp³-hybridized carbons (Fsp3) is 0.185. The minimum Gasteiger partial charge on any atom is -0.504 e. The van der Waals surface area contributed by atoms with Gasteiger partial charge >= 0.3 is 0 Å². The predicted octanol–water partition coefficient (Wildman–Crippen LogP) is 5.17. The van der Waals surface area contributed by atoms with Gasteiger partial charge in [0.2, 0.25) is 5.95 Å². The van der Waals surface area contributed by atoms with E-state index in [-0.39, 0.29) is 23.2 Å². The number of imidazole rings is 1. The van der Waals surface area contributed by atoms with Crippen LogP contribution in [0, 0.1) is 6.92 Å². The SMILES string of the molecule is Cc1ccc(C2CC(=O)C3=C(C2)Nc2nc4ccccc4n2C3c2ccc(O)c(O)c2)cc1. The molecule has 1 aliphatic carbocycles. The number of ketones is 1. The first-order valence-electron chi connectivity index (χ1n) is 11.1. The van der Waals surface area contributed by atoms with Gasteiger partial charge < -0.3 is 15.5 Å². The topological polar surface area (TPSA) is 87.4 Å². The number of benzene rings is 3. The Balaban J connectivity index is 1.53. The van der Waals surface area contributed by atoms with Crippen LogP contribution in [0.4, 0.5) is 5.95 Å². The fourth-order valence-corrected chi connectivity index (χ4v) is 5.13. The van der Waals surface area contributed by atoms with E-state index in [0.29, 0.717) is 24.4 Å². The number of nitrogens with zero attached hydrogens (tertiary/aromatic N) is 2. The third kappa shape index (κ3) is 3.09. The van der Waals surface area contributed by atoms with E-state index in [1.165, 1.54) is 17.7 Å². The summed E-state index contributed by atoms with van der Waals surface area (Å²) in [6, 6.07) is 20.5. The standard InChI is InChI=1S/C27H23N3O3/c1-15-6-8-16(9-7-15)18-12-20-25(24(33)14-18)26(17-10-11-22(31)23(32)13-17)30-21-5-3-2-4-19(21)28-27(30)29-20/h2-11,13,18,26,31-32H,12,14H2,1H3,(H,28,29). The zero-order valence-corrected chi connectivity index (χ0v) is 18.1. The first-order valence-corrected chi connectivity index (χ1v) is 11.1. The average Bonchev–Trinajstić information content (AvgIpc) is 3.18. The van der Waals surface area contributed by atoms with Crippen molar-refractivity contribution in [2.24, 2.45) is 0 Å². The molecule has 4 aromatic rings. The molecule has 2 atom stereocenters. The molecule has 0 fully saturated rings. The van der Waals surface area contributed by atoms with E-state index in [2.05, 4.69) is 36.5 Å². The van der Waals surface area contributed by atoms with Crippen LogP contribution in [0.25, 0.3) is 11.0 Å². The van der Waals surface area contributed by atoms with E-state index < -0.39 is 6.04 Å². The second-order valence-electron chi connectivity index (χ2n) is 8.90. The molecular formula is C27H23N3O3. The van der Waals surface area contributed by atoms with Gasteiger partial charge in [-0.1, -0.05) is 48.0 Å². The van der Waals surface area contributed by atoms with Crippen LogP contribution in [0.5, 0.6) is 11.5 Å². The van der Waals surface area contributed by atoms with Gasteiger partial charge in [0.25, 0.3) is 0 Å². The molecule has 164 valence electrons. The molecule has 1 aliphatic heterocycles. The van der Waals surface area contributed by atoms with E-state index in [1.54, 1.807) is 6.07 Å². The van der Waals surface area contributed by atoms with Crippen molar-refractivity contribution in [1.29, 1.82) is 0 Å². The number of carbonyl (C=O) groups is 1. The number of Topliss-reactive ketones (excluding diaryl/α,β-unsaturated/α-hetero) is 1. The Kier molecular flexibility index (Phi) is 4.30. The lowest BCUT2D eigenvalue weighted by molar-refractivity contribution is -0.116. The number of phenols is 2. The van der Waals surface area contributed by atoms with Gasteiger partial charge in [-0.3, -0.25) is 9.36 Å². The Bertz CT molecular complexity index is 1450. The summed E-state index contributed by atoms with van der Waals surface area (Å²) in [4.78, 5) is 18.4. The van der Waals surface area contributed by atoms with Gasteiger partial charge in [0.05, 0.1) is 17.1 Å². The summed E-state index contributed by atoms with van der Waals surface area (Å²) in [5.74, 6) is 0.446. The number of carbonyl (C=O) groups excluding carboxylic acids is 1. The summed E-state index contributed by atoms with van der Waals surface area (Å²) in [7, 11) is 0. The maximum atomic E-state index is 13.6. The van der Waals surface area contributed by atoms with Crippen LogP contribution in [0.1, 0.15) is 41.5 Å². The number of allylic oxidation sites excluding steroid dienone is 2. The number of aromatic nitrogens is 2. The number of hydrogen-bond acceptors (Lipinski definition) is 5. The number of phenolic OH excluding ortho intramolecular Hbond substituents is 2. The van der Waals surface area contributed by atoms with Gasteiger partial charge in [-0.15, -0.1) is 0 Å². The average molecular weight is 437 g/mol. The molecule has 6 rings (SSSR count). The summed E-state index contributed by atoms with van der Waals surface area (Å²) in [6.07, 6.45) is 1.13. The molecule has 0 saturated heterocycles. The van der Waals surface area contributed by atoms with E-state index in [1.807, 2.05) is 28.8 Å². The van der Waals surface area contributed by atoms with Crippen molar-refractivity contribution in [3.8, 4) is 11.5 Å². The Labute approximate surface area is 190 Å². The summed E-state index contributed by atoms with van der Waals surface area (Å²) >= 11 is 0. The molecule has 0 amide bonds. The van der Waals surface area contributed by atoms with Crippen molar-refractivity contribution in [2.75, 3.05) is 5.32 Å². The van der Waals surface area contributed by atoms with Gasteiger partial charge in [-0.05, 0) is 54.7 Å². The van der Waals surface area contributed by atoms with E-state index >= 15 is 0 Å². The highest BCUT2D eigenvalue weighted by molar-refractivity contribution is 6.01.